The normalized spacial score (nSPS) is 19.0. The minimum absolute atomic E-state index is 0.0543. The van der Waals surface area contributed by atoms with Crippen LogP contribution in [0.3, 0.4) is 0 Å². The number of carbonyl (C=O) groups excluding carboxylic acids is 4. The first-order chi connectivity index (χ1) is 13.5. The van der Waals surface area contributed by atoms with Crippen LogP contribution in [-0.2, 0) is 11.2 Å². The van der Waals surface area contributed by atoms with Crippen molar-refractivity contribution in [1.82, 2.24) is 10.2 Å². The van der Waals surface area contributed by atoms with Crippen LogP contribution in [0.2, 0.25) is 0 Å². The Morgan fingerprint density at radius 3 is 2.68 bits per heavy atom. The van der Waals surface area contributed by atoms with E-state index in [4.69, 9.17) is 0 Å². The summed E-state index contributed by atoms with van der Waals surface area (Å²) in [7, 11) is 0. The van der Waals surface area contributed by atoms with Gasteiger partial charge in [-0.2, -0.15) is 0 Å². The minimum Gasteiger partial charge on any atom is -0.329 e. The lowest BCUT2D eigenvalue weighted by molar-refractivity contribution is -0.125. The molecular weight excluding hydrogens is 376 g/mol. The number of rotatable bonds is 5. The molecule has 142 valence electrons. The molecule has 3 amide bonds. The van der Waals surface area contributed by atoms with Crippen molar-refractivity contribution in [2.75, 3.05) is 0 Å². The lowest BCUT2D eigenvalue weighted by Gasteiger charge is -2.29. The number of hydrogen-bond acceptors (Lipinski definition) is 5. The van der Waals surface area contributed by atoms with Crippen molar-refractivity contribution in [3.63, 3.8) is 0 Å². The summed E-state index contributed by atoms with van der Waals surface area (Å²) >= 11 is 1.40. The van der Waals surface area contributed by atoms with Gasteiger partial charge in [-0.05, 0) is 48.4 Å². The summed E-state index contributed by atoms with van der Waals surface area (Å²) in [5.74, 6) is -1.24. The van der Waals surface area contributed by atoms with Gasteiger partial charge < -0.3 is 5.32 Å². The number of carbonyl (C=O) groups is 4. The van der Waals surface area contributed by atoms with Crippen molar-refractivity contribution in [3.8, 4) is 0 Å². The number of benzene rings is 1. The number of amides is 3. The third kappa shape index (κ3) is 3.18. The molecule has 2 aliphatic rings. The SMILES string of the molecule is C=C1CCC(N2C(=O)c3ccc(CCC(=O)c4cccs4)cc3C2=O)C(=O)N1. The molecule has 1 N–H and O–H groups in total. The summed E-state index contributed by atoms with van der Waals surface area (Å²) in [6.45, 7) is 3.72. The summed E-state index contributed by atoms with van der Waals surface area (Å²) in [5.41, 5.74) is 2.00. The van der Waals surface area contributed by atoms with Gasteiger partial charge in [-0.1, -0.05) is 18.7 Å². The molecule has 2 aromatic rings. The molecule has 3 heterocycles. The zero-order valence-electron chi connectivity index (χ0n) is 15.1. The van der Waals surface area contributed by atoms with Crippen molar-refractivity contribution in [1.29, 1.82) is 0 Å². The second-order valence-electron chi connectivity index (χ2n) is 6.91. The van der Waals surface area contributed by atoms with Gasteiger partial charge in [0, 0.05) is 12.1 Å². The molecule has 2 aliphatic heterocycles. The van der Waals surface area contributed by atoms with Crippen LogP contribution in [0.5, 0.6) is 0 Å². The van der Waals surface area contributed by atoms with Gasteiger partial charge in [-0.15, -0.1) is 11.3 Å². The monoisotopic (exact) mass is 394 g/mol. The molecule has 1 aromatic heterocycles. The number of nitrogens with zero attached hydrogens (tertiary/aromatic N) is 1. The van der Waals surface area contributed by atoms with Gasteiger partial charge in [0.15, 0.2) is 5.78 Å². The van der Waals surface area contributed by atoms with Crippen LogP contribution in [0.25, 0.3) is 0 Å². The Labute approximate surface area is 165 Å². The molecule has 0 aliphatic carbocycles. The molecule has 0 bridgehead atoms. The molecule has 0 saturated carbocycles. The number of hydrogen-bond donors (Lipinski definition) is 1. The molecule has 1 atom stereocenters. The number of ketones is 1. The molecule has 4 rings (SSSR count). The van der Waals surface area contributed by atoms with E-state index in [1.807, 2.05) is 11.4 Å². The van der Waals surface area contributed by atoms with E-state index in [0.717, 1.165) is 10.5 Å². The van der Waals surface area contributed by atoms with Crippen molar-refractivity contribution in [3.05, 3.63) is 69.6 Å². The maximum atomic E-state index is 12.8. The number of piperidine rings is 1. The van der Waals surface area contributed by atoms with E-state index in [9.17, 15) is 19.2 Å². The van der Waals surface area contributed by atoms with Gasteiger partial charge in [0.25, 0.3) is 11.8 Å². The summed E-state index contributed by atoms with van der Waals surface area (Å²) < 4.78 is 0. The maximum absolute atomic E-state index is 12.8. The van der Waals surface area contributed by atoms with Crippen molar-refractivity contribution >= 4 is 34.8 Å². The Kier molecular flexibility index (Phi) is 4.68. The quantitative estimate of drug-likeness (QED) is 0.624. The van der Waals surface area contributed by atoms with Crippen molar-refractivity contribution in [2.24, 2.45) is 0 Å². The van der Waals surface area contributed by atoms with Crippen LogP contribution in [-0.4, -0.2) is 34.4 Å². The highest BCUT2D eigenvalue weighted by atomic mass is 32.1. The van der Waals surface area contributed by atoms with Gasteiger partial charge in [-0.3, -0.25) is 24.1 Å². The number of imide groups is 1. The van der Waals surface area contributed by atoms with E-state index in [2.05, 4.69) is 11.9 Å². The van der Waals surface area contributed by atoms with Gasteiger partial charge in [0.2, 0.25) is 5.91 Å². The second-order valence-corrected chi connectivity index (χ2v) is 7.86. The zero-order valence-corrected chi connectivity index (χ0v) is 15.9. The minimum atomic E-state index is -0.818. The molecule has 1 saturated heterocycles. The Morgan fingerprint density at radius 2 is 1.96 bits per heavy atom. The average Bonchev–Trinajstić information content (AvgIpc) is 3.29. The van der Waals surface area contributed by atoms with Crippen LogP contribution in [0.1, 0.15) is 55.2 Å². The Hall–Kier alpha value is -3.06. The second kappa shape index (κ2) is 7.16. The third-order valence-electron chi connectivity index (χ3n) is 5.05. The predicted octanol–water partition coefficient (Wildman–Crippen LogP) is 2.95. The smallest absolute Gasteiger partial charge is 0.262 e. The van der Waals surface area contributed by atoms with E-state index in [0.29, 0.717) is 47.4 Å². The number of Topliss-reactive ketones (excluding diaryl/α,β-unsaturated/α-hetero) is 1. The van der Waals surface area contributed by atoms with E-state index in [-0.39, 0.29) is 11.7 Å². The molecule has 28 heavy (non-hydrogen) atoms. The standard InChI is InChI=1S/C21H18N2O4S/c1-12-4-8-16(19(25)22-12)23-20(26)14-7-5-13(11-15(14)21(23)27)6-9-17(24)18-3-2-10-28-18/h2-3,5,7,10-11,16H,1,4,6,8-9H2,(H,22,25). The van der Waals surface area contributed by atoms with E-state index >= 15 is 0 Å². The van der Waals surface area contributed by atoms with Crippen LogP contribution in [0.15, 0.2) is 48.0 Å². The lowest BCUT2D eigenvalue weighted by atomic mass is 10.0. The fraction of sp³-hybridized carbons (Fsp3) is 0.238. The topological polar surface area (TPSA) is 83.6 Å². The third-order valence-corrected chi connectivity index (χ3v) is 5.96. The summed E-state index contributed by atoms with van der Waals surface area (Å²) in [6.07, 6.45) is 1.71. The summed E-state index contributed by atoms with van der Waals surface area (Å²) in [5, 5.41) is 4.47. The largest absolute Gasteiger partial charge is 0.329 e. The molecule has 0 spiro atoms. The summed E-state index contributed by atoms with van der Waals surface area (Å²) in [6, 6.07) is 7.85. The molecular formula is C21H18N2O4S. The maximum Gasteiger partial charge on any atom is 0.262 e. The fourth-order valence-corrected chi connectivity index (χ4v) is 4.27. The zero-order chi connectivity index (χ0) is 19.8. The Morgan fingerprint density at radius 1 is 1.18 bits per heavy atom. The van der Waals surface area contributed by atoms with Gasteiger partial charge >= 0.3 is 0 Å². The van der Waals surface area contributed by atoms with Gasteiger partial charge in [0.1, 0.15) is 6.04 Å². The fourth-order valence-electron chi connectivity index (χ4n) is 3.57. The van der Waals surface area contributed by atoms with Crippen LogP contribution < -0.4 is 5.32 Å². The first-order valence-electron chi connectivity index (χ1n) is 9.02. The van der Waals surface area contributed by atoms with E-state index < -0.39 is 17.9 Å². The molecule has 0 radical (unpaired) electrons. The highest BCUT2D eigenvalue weighted by Crippen LogP contribution is 2.29. The first kappa shape index (κ1) is 18.3. The number of thiophene rings is 1. The van der Waals surface area contributed by atoms with E-state index in [1.54, 1.807) is 24.3 Å². The molecule has 1 fully saturated rings. The first-order valence-corrected chi connectivity index (χ1v) is 9.90. The molecule has 7 heteroatoms. The van der Waals surface area contributed by atoms with Crippen molar-refractivity contribution in [2.45, 2.75) is 31.7 Å². The lowest BCUT2D eigenvalue weighted by Crippen LogP contribution is -2.51. The Balaban J connectivity index is 1.51. The van der Waals surface area contributed by atoms with Crippen LogP contribution >= 0.6 is 11.3 Å². The summed E-state index contributed by atoms with van der Waals surface area (Å²) in [4.78, 5) is 51.7. The van der Waals surface area contributed by atoms with Crippen LogP contribution in [0, 0.1) is 0 Å². The molecule has 1 unspecified atom stereocenters. The van der Waals surface area contributed by atoms with E-state index in [1.165, 1.54) is 11.3 Å². The molecule has 6 nitrogen and oxygen atoms in total. The molecule has 1 aromatic carbocycles. The number of fused-ring (bicyclic) bond motifs is 1. The average molecular weight is 394 g/mol. The number of nitrogens with one attached hydrogen (secondary N) is 1. The van der Waals surface area contributed by atoms with Crippen molar-refractivity contribution < 1.29 is 19.2 Å². The number of aryl methyl sites for hydroxylation is 1. The predicted molar refractivity (Wildman–Crippen MR) is 104 cm³/mol. The van der Waals surface area contributed by atoms with Gasteiger partial charge in [0.05, 0.1) is 16.0 Å². The number of allylic oxidation sites excluding steroid dienone is 1. The highest BCUT2D eigenvalue weighted by molar-refractivity contribution is 7.12. The van der Waals surface area contributed by atoms with Crippen LogP contribution in [0.4, 0.5) is 0 Å². The van der Waals surface area contributed by atoms with Gasteiger partial charge in [-0.25, -0.2) is 0 Å². The highest BCUT2D eigenvalue weighted by Gasteiger charge is 2.43. The Bertz CT molecular complexity index is 1010.